The van der Waals surface area contributed by atoms with Gasteiger partial charge in [0.1, 0.15) is 12.0 Å². The van der Waals surface area contributed by atoms with Crippen molar-refractivity contribution >= 4 is 23.1 Å². The molecule has 0 saturated heterocycles. The summed E-state index contributed by atoms with van der Waals surface area (Å²) in [6.07, 6.45) is 5.37. The lowest BCUT2D eigenvalue weighted by Crippen LogP contribution is -2.45. The van der Waals surface area contributed by atoms with Gasteiger partial charge in [0, 0.05) is 0 Å². The van der Waals surface area contributed by atoms with Crippen LogP contribution in [0.15, 0.2) is 6.33 Å². The minimum atomic E-state index is -0.335. The van der Waals surface area contributed by atoms with Gasteiger partial charge in [0.2, 0.25) is 0 Å². The number of nitrogen functional groups attached to an aromatic ring is 1. The molecule has 18 heavy (non-hydrogen) atoms. The number of rotatable bonds is 3. The van der Waals surface area contributed by atoms with Crippen molar-refractivity contribution in [3.63, 3.8) is 0 Å². The number of hydrogen-bond acceptors (Lipinski definition) is 5. The Morgan fingerprint density at radius 1 is 1.50 bits per heavy atom. The summed E-state index contributed by atoms with van der Waals surface area (Å²) in [5.74, 6) is 1.22. The predicted molar refractivity (Wildman–Crippen MR) is 72.5 cm³/mol. The van der Waals surface area contributed by atoms with Gasteiger partial charge in [-0.1, -0.05) is 18.5 Å². The summed E-state index contributed by atoms with van der Waals surface area (Å²) in [5, 5.41) is 13.2. The van der Waals surface area contributed by atoms with E-state index in [1.165, 1.54) is 6.33 Å². The van der Waals surface area contributed by atoms with Crippen LogP contribution in [0.4, 0.5) is 11.5 Å². The predicted octanol–water partition coefficient (Wildman–Crippen LogP) is 2.07. The summed E-state index contributed by atoms with van der Waals surface area (Å²) in [6.45, 7) is 2.30. The molecule has 4 N–H and O–H groups in total. The molecule has 1 aromatic heterocycles. The lowest BCUT2D eigenvalue weighted by Gasteiger charge is -2.39. The van der Waals surface area contributed by atoms with Crippen molar-refractivity contribution in [2.75, 3.05) is 17.7 Å². The van der Waals surface area contributed by atoms with Gasteiger partial charge in [-0.05, 0) is 31.6 Å². The highest BCUT2D eigenvalue weighted by molar-refractivity contribution is 6.32. The number of nitrogens with zero attached hydrogens (tertiary/aromatic N) is 2. The number of nitrogens with one attached hydrogen (secondary N) is 1. The Balaban J connectivity index is 2.17. The molecule has 0 amide bonds. The van der Waals surface area contributed by atoms with Gasteiger partial charge in [-0.15, -0.1) is 0 Å². The SMILES string of the molecule is CC1CCC(CO)(Nc2ncnc(Cl)c2N)CC1. The molecule has 1 aliphatic rings. The summed E-state index contributed by atoms with van der Waals surface area (Å²) in [7, 11) is 0. The summed E-state index contributed by atoms with van der Waals surface area (Å²) in [4.78, 5) is 7.92. The van der Waals surface area contributed by atoms with Crippen molar-refractivity contribution < 1.29 is 5.11 Å². The first-order valence-corrected chi connectivity index (χ1v) is 6.59. The van der Waals surface area contributed by atoms with Gasteiger partial charge in [0.15, 0.2) is 11.0 Å². The fourth-order valence-corrected chi connectivity index (χ4v) is 2.50. The second-order valence-corrected chi connectivity index (χ2v) is 5.53. The van der Waals surface area contributed by atoms with Gasteiger partial charge in [0.25, 0.3) is 0 Å². The van der Waals surface area contributed by atoms with Gasteiger partial charge in [-0.2, -0.15) is 0 Å². The Kier molecular flexibility index (Phi) is 3.92. The van der Waals surface area contributed by atoms with E-state index in [4.69, 9.17) is 17.3 Å². The Hall–Kier alpha value is -1.07. The van der Waals surface area contributed by atoms with Gasteiger partial charge in [-0.25, -0.2) is 9.97 Å². The molecule has 0 bridgehead atoms. The number of hydrogen-bond donors (Lipinski definition) is 3. The van der Waals surface area contributed by atoms with Crippen molar-refractivity contribution in [3.8, 4) is 0 Å². The van der Waals surface area contributed by atoms with E-state index in [1.807, 2.05) is 0 Å². The number of nitrogens with two attached hydrogens (primary N) is 1. The molecule has 0 aliphatic heterocycles. The fraction of sp³-hybridized carbons (Fsp3) is 0.667. The molecular weight excluding hydrogens is 252 g/mol. The first-order chi connectivity index (χ1) is 8.56. The third kappa shape index (κ3) is 2.67. The summed E-state index contributed by atoms with van der Waals surface area (Å²) in [6, 6.07) is 0. The van der Waals surface area contributed by atoms with Crippen molar-refractivity contribution in [1.29, 1.82) is 0 Å². The van der Waals surface area contributed by atoms with E-state index in [1.54, 1.807) is 0 Å². The number of aromatic nitrogens is 2. The molecule has 0 atom stereocenters. The molecule has 1 aliphatic carbocycles. The van der Waals surface area contributed by atoms with Crippen molar-refractivity contribution in [2.24, 2.45) is 5.92 Å². The van der Waals surface area contributed by atoms with Crippen LogP contribution >= 0.6 is 11.6 Å². The normalized spacial score (nSPS) is 28.1. The highest BCUT2D eigenvalue weighted by Crippen LogP contribution is 2.35. The molecule has 2 rings (SSSR count). The minimum Gasteiger partial charge on any atom is -0.394 e. The molecule has 1 fully saturated rings. The van der Waals surface area contributed by atoms with Crippen LogP contribution in [-0.2, 0) is 0 Å². The number of anilines is 2. The van der Waals surface area contributed by atoms with E-state index < -0.39 is 0 Å². The van der Waals surface area contributed by atoms with Gasteiger partial charge in [-0.3, -0.25) is 0 Å². The minimum absolute atomic E-state index is 0.0702. The summed E-state index contributed by atoms with van der Waals surface area (Å²) >= 11 is 5.86. The van der Waals surface area contributed by atoms with Gasteiger partial charge < -0.3 is 16.2 Å². The lowest BCUT2D eigenvalue weighted by molar-refractivity contribution is 0.155. The fourth-order valence-electron chi connectivity index (χ4n) is 2.36. The molecule has 1 heterocycles. The van der Waals surface area contributed by atoms with Crippen LogP contribution in [0.3, 0.4) is 0 Å². The molecule has 1 saturated carbocycles. The van der Waals surface area contributed by atoms with Crippen molar-refractivity contribution in [1.82, 2.24) is 9.97 Å². The molecule has 5 nitrogen and oxygen atoms in total. The van der Waals surface area contributed by atoms with Gasteiger partial charge in [0.05, 0.1) is 12.1 Å². The summed E-state index contributed by atoms with van der Waals surface area (Å²) < 4.78 is 0. The first-order valence-electron chi connectivity index (χ1n) is 6.21. The molecule has 100 valence electrons. The zero-order valence-corrected chi connectivity index (χ0v) is 11.2. The van der Waals surface area contributed by atoms with Crippen LogP contribution in [0.1, 0.15) is 32.6 Å². The van der Waals surface area contributed by atoms with E-state index in [-0.39, 0.29) is 17.3 Å². The van der Waals surface area contributed by atoms with Crippen molar-refractivity contribution in [3.05, 3.63) is 11.5 Å². The molecule has 0 radical (unpaired) electrons. The summed E-state index contributed by atoms with van der Waals surface area (Å²) in [5.41, 5.74) is 5.84. The molecule has 6 heteroatoms. The molecular formula is C12H19ClN4O. The monoisotopic (exact) mass is 270 g/mol. The Morgan fingerprint density at radius 3 is 2.78 bits per heavy atom. The van der Waals surface area contributed by atoms with Crippen LogP contribution in [0.2, 0.25) is 5.15 Å². The number of aliphatic hydroxyl groups excluding tert-OH is 1. The lowest BCUT2D eigenvalue weighted by atomic mass is 9.77. The van der Waals surface area contributed by atoms with Crippen LogP contribution < -0.4 is 11.1 Å². The molecule has 0 unspecified atom stereocenters. The highest BCUT2D eigenvalue weighted by Gasteiger charge is 2.34. The van der Waals surface area contributed by atoms with E-state index in [9.17, 15) is 5.11 Å². The quantitative estimate of drug-likeness (QED) is 0.732. The zero-order chi connectivity index (χ0) is 13.2. The third-order valence-corrected chi connectivity index (χ3v) is 4.05. The maximum absolute atomic E-state index is 9.67. The maximum Gasteiger partial charge on any atom is 0.157 e. The van der Waals surface area contributed by atoms with Crippen LogP contribution in [0, 0.1) is 5.92 Å². The van der Waals surface area contributed by atoms with E-state index in [0.29, 0.717) is 17.4 Å². The average molecular weight is 271 g/mol. The Morgan fingerprint density at radius 2 is 2.17 bits per heavy atom. The van der Waals surface area contributed by atoms with E-state index in [0.717, 1.165) is 25.7 Å². The Bertz CT molecular complexity index is 419. The second-order valence-electron chi connectivity index (χ2n) is 5.17. The van der Waals surface area contributed by atoms with Crippen LogP contribution in [-0.4, -0.2) is 27.2 Å². The Labute approximate surface area is 112 Å². The smallest absolute Gasteiger partial charge is 0.157 e. The maximum atomic E-state index is 9.67. The molecule has 0 spiro atoms. The second kappa shape index (κ2) is 5.28. The van der Waals surface area contributed by atoms with E-state index in [2.05, 4.69) is 22.2 Å². The van der Waals surface area contributed by atoms with Crippen molar-refractivity contribution in [2.45, 2.75) is 38.1 Å². The molecule has 1 aromatic rings. The first kappa shape index (κ1) is 13.4. The van der Waals surface area contributed by atoms with Gasteiger partial charge >= 0.3 is 0 Å². The largest absolute Gasteiger partial charge is 0.394 e. The zero-order valence-electron chi connectivity index (χ0n) is 10.5. The van der Waals surface area contributed by atoms with E-state index >= 15 is 0 Å². The average Bonchev–Trinajstić information content (AvgIpc) is 2.38. The third-order valence-electron chi connectivity index (χ3n) is 3.75. The number of aliphatic hydroxyl groups is 1. The highest BCUT2D eigenvalue weighted by atomic mass is 35.5. The topological polar surface area (TPSA) is 84.1 Å². The molecule has 0 aromatic carbocycles. The standard InChI is InChI=1S/C12H19ClN4O/c1-8-2-4-12(6-18,5-3-8)17-11-9(14)10(13)15-7-16-11/h7-8,18H,2-6,14H2,1H3,(H,15,16,17). The van der Waals surface area contributed by atoms with Crippen LogP contribution in [0.5, 0.6) is 0 Å². The number of halogens is 1. The van der Waals surface area contributed by atoms with Crippen LogP contribution in [0.25, 0.3) is 0 Å².